The number of rotatable bonds is 2. The molecular weight excluding hydrogens is 442 g/mol. The number of hydrogen-bond donors (Lipinski definition) is 0. The Hall–Kier alpha value is -1.79. The minimum absolute atomic E-state index is 0.232. The number of fused-ring (bicyclic) bond motifs is 5. The van der Waals surface area contributed by atoms with E-state index in [0.29, 0.717) is 3.63 Å². The number of nitrogens with zero attached hydrogens (tertiary/aromatic N) is 1. The van der Waals surface area contributed by atoms with E-state index in [9.17, 15) is 0 Å². The van der Waals surface area contributed by atoms with Gasteiger partial charge in [-0.3, -0.25) is 0 Å². The maximum atomic E-state index is 2.59. The van der Waals surface area contributed by atoms with E-state index in [1.165, 1.54) is 27.7 Å². The van der Waals surface area contributed by atoms with Crippen LogP contribution in [0, 0.1) is 5.41 Å². The Kier molecular flexibility index (Phi) is 4.78. The molecule has 0 bridgehead atoms. The predicted molar refractivity (Wildman–Crippen MR) is 127 cm³/mol. The summed E-state index contributed by atoms with van der Waals surface area (Å²) in [5.74, 6) is 0. The summed E-state index contributed by atoms with van der Waals surface area (Å²) in [5, 5.41) is 1.46. The Bertz CT molecular complexity index is 1270. The zero-order valence-electron chi connectivity index (χ0n) is 19.0. The fraction of sp³-hybridized carbons (Fsp3) is 0.321. The van der Waals surface area contributed by atoms with Crippen LogP contribution in [0.5, 0.6) is 0 Å². The van der Waals surface area contributed by atoms with Crippen LogP contribution in [0.2, 0.25) is 0 Å². The van der Waals surface area contributed by atoms with Gasteiger partial charge in [0.1, 0.15) is 0 Å². The molecule has 152 valence electrons. The molecule has 0 saturated heterocycles. The van der Waals surface area contributed by atoms with Gasteiger partial charge in [0.2, 0.25) is 0 Å². The van der Waals surface area contributed by atoms with E-state index in [-0.39, 0.29) is 5.41 Å². The van der Waals surface area contributed by atoms with Gasteiger partial charge in [-0.25, -0.2) is 0 Å². The fourth-order valence-corrected chi connectivity index (χ4v) is 13.8. The molecular formula is C28H31NZr. The molecule has 3 aromatic rings. The van der Waals surface area contributed by atoms with Crippen LogP contribution in [0.4, 0.5) is 0 Å². The normalized spacial score (nSPS) is 17.6. The van der Waals surface area contributed by atoms with Crippen LogP contribution in [0.1, 0.15) is 55.8 Å². The van der Waals surface area contributed by atoms with Crippen LogP contribution in [0.15, 0.2) is 69.5 Å². The summed E-state index contributed by atoms with van der Waals surface area (Å²) in [7, 11) is 2.25. The molecule has 0 saturated carbocycles. The first kappa shape index (κ1) is 20.1. The van der Waals surface area contributed by atoms with Gasteiger partial charge in [0, 0.05) is 0 Å². The van der Waals surface area contributed by atoms with Crippen molar-refractivity contribution in [3.05, 3.63) is 80.7 Å². The molecule has 2 aromatic carbocycles. The minimum atomic E-state index is -2.13. The molecule has 1 heterocycles. The average Bonchev–Trinajstić information content (AvgIpc) is 3.38. The first-order valence-corrected chi connectivity index (χ1v) is 14.9. The molecule has 0 spiro atoms. The van der Waals surface area contributed by atoms with Crippen molar-refractivity contribution in [3.63, 3.8) is 0 Å². The zero-order valence-corrected chi connectivity index (χ0v) is 21.5. The van der Waals surface area contributed by atoms with Crippen molar-refractivity contribution in [1.29, 1.82) is 0 Å². The van der Waals surface area contributed by atoms with Gasteiger partial charge in [0.15, 0.2) is 0 Å². The van der Waals surface area contributed by atoms with E-state index in [1.807, 2.05) is 0 Å². The van der Waals surface area contributed by atoms with Crippen molar-refractivity contribution >= 4 is 14.1 Å². The van der Waals surface area contributed by atoms with Crippen LogP contribution in [-0.4, -0.2) is 7.77 Å². The molecule has 0 aliphatic heterocycles. The fourth-order valence-electron chi connectivity index (χ4n) is 5.49. The third-order valence-corrected chi connectivity index (χ3v) is 15.0. The van der Waals surface area contributed by atoms with Gasteiger partial charge >= 0.3 is 189 Å². The SMILES string of the molecule is C[C](C)=[Zr]([C]1=CC(C(C)(C)C)=CC1)[CH]1c2ccccc2-c2c1c1ccccc1n2C. The third kappa shape index (κ3) is 2.95. The number of aromatic nitrogens is 1. The average molecular weight is 473 g/mol. The monoisotopic (exact) mass is 471 g/mol. The van der Waals surface area contributed by atoms with Crippen molar-refractivity contribution in [3.8, 4) is 11.3 Å². The Labute approximate surface area is 188 Å². The predicted octanol–water partition coefficient (Wildman–Crippen LogP) is 7.34. The molecule has 1 unspecified atom stereocenters. The second kappa shape index (κ2) is 7.13. The molecule has 1 aromatic heterocycles. The summed E-state index contributed by atoms with van der Waals surface area (Å²) < 4.78 is 6.49. The van der Waals surface area contributed by atoms with Crippen molar-refractivity contribution in [1.82, 2.24) is 4.57 Å². The van der Waals surface area contributed by atoms with Crippen LogP contribution in [-0.2, 0) is 28.3 Å². The van der Waals surface area contributed by atoms with Gasteiger partial charge in [-0.05, 0) is 0 Å². The second-order valence-electron chi connectivity index (χ2n) is 10.1. The maximum absolute atomic E-state index is 2.59. The summed E-state index contributed by atoms with van der Waals surface area (Å²) in [6.07, 6.45) is 6.25. The molecule has 0 radical (unpaired) electrons. The summed E-state index contributed by atoms with van der Waals surface area (Å²) in [6.45, 7) is 11.9. The van der Waals surface area contributed by atoms with Crippen LogP contribution < -0.4 is 0 Å². The molecule has 0 amide bonds. The molecule has 2 heteroatoms. The second-order valence-corrected chi connectivity index (χ2v) is 17.5. The van der Waals surface area contributed by atoms with Crippen molar-refractivity contribution in [2.45, 2.75) is 44.7 Å². The van der Waals surface area contributed by atoms with Gasteiger partial charge < -0.3 is 0 Å². The van der Waals surface area contributed by atoms with E-state index in [4.69, 9.17) is 0 Å². The number of para-hydroxylation sites is 1. The summed E-state index contributed by atoms with van der Waals surface area (Å²) >= 11 is -2.13. The first-order valence-electron chi connectivity index (χ1n) is 11.0. The van der Waals surface area contributed by atoms with E-state index >= 15 is 0 Å². The Balaban J connectivity index is 1.78. The number of allylic oxidation sites excluding steroid dienone is 4. The standard InChI is InChI=1S/C16H12N.C9H13.C3H6.Zr/c1-17-15-9-5-4-8-13(15)14-10-11-6-2-3-7-12(11)16(14)17;1-9(2,3)8-6-4-5-7-8;1-3-2;/h2-10H,1H3;6-7H,4H2,1-3H3;1-2H3;. The molecule has 1 atom stereocenters. The first-order chi connectivity index (χ1) is 14.3. The van der Waals surface area contributed by atoms with Crippen molar-refractivity contribution < 1.29 is 21.3 Å². The Morgan fingerprint density at radius 2 is 1.70 bits per heavy atom. The van der Waals surface area contributed by atoms with E-state index in [0.717, 1.165) is 6.42 Å². The topological polar surface area (TPSA) is 4.93 Å². The van der Waals surface area contributed by atoms with E-state index in [1.54, 1.807) is 17.6 Å². The third-order valence-electron chi connectivity index (χ3n) is 6.87. The van der Waals surface area contributed by atoms with Crippen molar-refractivity contribution in [2.24, 2.45) is 12.5 Å². The van der Waals surface area contributed by atoms with E-state index < -0.39 is 21.3 Å². The molecule has 0 fully saturated rings. The quantitative estimate of drug-likeness (QED) is 0.368. The van der Waals surface area contributed by atoms with Crippen LogP contribution in [0.3, 0.4) is 0 Å². The molecule has 5 rings (SSSR count). The van der Waals surface area contributed by atoms with E-state index in [2.05, 4.69) is 107 Å². The number of benzene rings is 2. The summed E-state index contributed by atoms with van der Waals surface area (Å²) in [6, 6.07) is 18.2. The Morgan fingerprint density at radius 3 is 2.40 bits per heavy atom. The molecule has 2 aliphatic rings. The molecule has 2 aliphatic carbocycles. The van der Waals surface area contributed by atoms with Gasteiger partial charge in [-0.15, -0.1) is 0 Å². The summed E-state index contributed by atoms with van der Waals surface area (Å²) in [4.78, 5) is 0. The van der Waals surface area contributed by atoms with Crippen LogP contribution >= 0.6 is 0 Å². The summed E-state index contributed by atoms with van der Waals surface area (Å²) in [5.41, 5.74) is 9.22. The number of hydrogen-bond acceptors (Lipinski definition) is 0. The van der Waals surface area contributed by atoms with Crippen LogP contribution in [0.25, 0.3) is 22.2 Å². The zero-order chi connectivity index (χ0) is 21.2. The molecule has 0 N–H and O–H groups in total. The van der Waals surface area contributed by atoms with Gasteiger partial charge in [0.05, 0.1) is 0 Å². The Morgan fingerprint density at radius 1 is 1.00 bits per heavy atom. The van der Waals surface area contributed by atoms with Gasteiger partial charge in [-0.1, -0.05) is 0 Å². The van der Waals surface area contributed by atoms with Crippen molar-refractivity contribution in [2.75, 3.05) is 0 Å². The number of aryl methyl sites for hydroxylation is 1. The van der Waals surface area contributed by atoms with Gasteiger partial charge in [-0.2, -0.15) is 0 Å². The van der Waals surface area contributed by atoms with Gasteiger partial charge in [0.25, 0.3) is 0 Å². The molecule has 1 nitrogen and oxygen atoms in total. The molecule has 30 heavy (non-hydrogen) atoms.